The highest BCUT2D eigenvalue weighted by Crippen LogP contribution is 2.47. The molecule has 0 saturated carbocycles. The molecule has 0 unspecified atom stereocenters. The zero-order chi connectivity index (χ0) is 24.0. The van der Waals surface area contributed by atoms with Gasteiger partial charge in [0.05, 0.1) is 48.6 Å². The first-order chi connectivity index (χ1) is 16.3. The summed E-state index contributed by atoms with van der Waals surface area (Å²) < 4.78 is 17.3. The van der Waals surface area contributed by atoms with Gasteiger partial charge in [0, 0.05) is 31.5 Å². The lowest BCUT2D eigenvalue weighted by molar-refractivity contribution is -0.00745. The van der Waals surface area contributed by atoms with Gasteiger partial charge in [-0.3, -0.25) is 9.59 Å². The van der Waals surface area contributed by atoms with Crippen LogP contribution in [0.25, 0.3) is 11.0 Å². The Bertz CT molecular complexity index is 1310. The minimum atomic E-state index is -0.663. The summed E-state index contributed by atoms with van der Waals surface area (Å²) in [4.78, 5) is 37.1. The fourth-order valence-electron chi connectivity index (χ4n) is 4.80. The van der Waals surface area contributed by atoms with Gasteiger partial charge in [0.2, 0.25) is 5.75 Å². The number of methoxy groups -OCH3 is 2. The minimum Gasteiger partial charge on any atom is -0.493 e. The van der Waals surface area contributed by atoms with E-state index >= 15 is 0 Å². The van der Waals surface area contributed by atoms with E-state index in [0.717, 1.165) is 16.9 Å². The van der Waals surface area contributed by atoms with Crippen LogP contribution in [0.2, 0.25) is 0 Å². The molecule has 5 rings (SSSR count). The predicted octanol–water partition coefficient (Wildman–Crippen LogP) is 3.90. The van der Waals surface area contributed by atoms with Crippen molar-refractivity contribution in [3.63, 3.8) is 0 Å². The van der Waals surface area contributed by atoms with Gasteiger partial charge in [-0.05, 0) is 44.2 Å². The second kappa shape index (κ2) is 8.27. The number of amides is 1. The number of carbonyl (C=O) groups excluding carboxylic acids is 2. The first kappa shape index (κ1) is 22.1. The van der Waals surface area contributed by atoms with Crippen LogP contribution in [-0.2, 0) is 0 Å². The summed E-state index contributed by atoms with van der Waals surface area (Å²) in [6.45, 7) is 4.82. The molecule has 34 heavy (non-hydrogen) atoms. The van der Waals surface area contributed by atoms with E-state index in [9.17, 15) is 9.59 Å². The molecule has 2 aromatic carbocycles. The fraction of sp³-hybridized carbons (Fsp3) is 0.385. The topological polar surface area (TPSA) is 90.8 Å². The minimum absolute atomic E-state index is 0.0146. The van der Waals surface area contributed by atoms with E-state index in [0.29, 0.717) is 59.8 Å². The van der Waals surface area contributed by atoms with Crippen molar-refractivity contribution in [2.24, 2.45) is 0 Å². The summed E-state index contributed by atoms with van der Waals surface area (Å²) in [7, 11) is 3.08. The Kier molecular flexibility index (Phi) is 5.38. The van der Waals surface area contributed by atoms with Crippen molar-refractivity contribution in [2.45, 2.75) is 38.7 Å². The van der Waals surface area contributed by atoms with Crippen molar-refractivity contribution < 1.29 is 23.8 Å². The number of aryl methyl sites for hydroxylation is 2. The number of ketones is 1. The smallest absolute Gasteiger partial charge is 0.253 e. The molecule has 0 atom stereocenters. The standard InChI is InChI=1S/C26H27N3O5/c1-15-16(2)28-20-13-17(5-7-19(20)27-15)25(31)29-11-9-26(10-12-29)14-21(30)18-6-8-22(32-3)24(33-4)23(18)34-26/h5-8,13H,9-12,14H2,1-4H3. The molecule has 1 saturated heterocycles. The highest BCUT2D eigenvalue weighted by Gasteiger charge is 2.45. The maximum atomic E-state index is 13.2. The van der Waals surface area contributed by atoms with Gasteiger partial charge in [-0.25, -0.2) is 9.97 Å². The van der Waals surface area contributed by atoms with E-state index in [4.69, 9.17) is 14.2 Å². The molecule has 8 heteroatoms. The van der Waals surface area contributed by atoms with Crippen molar-refractivity contribution in [1.29, 1.82) is 0 Å². The molecule has 1 fully saturated rings. The van der Waals surface area contributed by atoms with Crippen molar-refractivity contribution >= 4 is 22.7 Å². The number of hydrogen-bond acceptors (Lipinski definition) is 7. The number of likely N-dealkylation sites (tertiary alicyclic amines) is 1. The second-order valence-electron chi connectivity index (χ2n) is 8.95. The highest BCUT2D eigenvalue weighted by atomic mass is 16.5. The zero-order valence-corrected chi connectivity index (χ0v) is 19.8. The molecule has 0 bridgehead atoms. The first-order valence-electron chi connectivity index (χ1n) is 11.4. The van der Waals surface area contributed by atoms with Crippen LogP contribution in [0.4, 0.5) is 0 Å². The van der Waals surface area contributed by atoms with E-state index in [2.05, 4.69) is 9.97 Å². The van der Waals surface area contributed by atoms with Crippen LogP contribution >= 0.6 is 0 Å². The SMILES string of the molecule is COc1ccc2c(c1OC)OC1(CCN(C(=O)c3ccc4nc(C)c(C)nc4c3)CC1)CC2=O. The molecule has 3 heterocycles. The van der Waals surface area contributed by atoms with Gasteiger partial charge in [-0.1, -0.05) is 0 Å². The van der Waals surface area contributed by atoms with Gasteiger partial charge in [0.15, 0.2) is 17.3 Å². The Morgan fingerprint density at radius 2 is 1.71 bits per heavy atom. The number of ether oxygens (including phenoxy) is 3. The Morgan fingerprint density at radius 3 is 2.38 bits per heavy atom. The van der Waals surface area contributed by atoms with Crippen LogP contribution in [-0.4, -0.2) is 59.5 Å². The Morgan fingerprint density at radius 1 is 1.00 bits per heavy atom. The molecule has 0 N–H and O–H groups in total. The van der Waals surface area contributed by atoms with E-state index in [1.165, 1.54) is 7.11 Å². The molecule has 0 aliphatic carbocycles. The summed E-state index contributed by atoms with van der Waals surface area (Å²) in [5, 5.41) is 0. The van der Waals surface area contributed by atoms with E-state index in [-0.39, 0.29) is 18.1 Å². The number of rotatable bonds is 3. The number of hydrogen-bond donors (Lipinski definition) is 0. The van der Waals surface area contributed by atoms with Crippen LogP contribution in [0.3, 0.4) is 0 Å². The van der Waals surface area contributed by atoms with Crippen molar-refractivity contribution in [3.8, 4) is 17.2 Å². The Hall–Kier alpha value is -3.68. The van der Waals surface area contributed by atoms with Gasteiger partial charge in [0.1, 0.15) is 5.60 Å². The third-order valence-corrected chi connectivity index (χ3v) is 6.89. The Balaban J connectivity index is 1.36. The molecule has 2 aliphatic heterocycles. The van der Waals surface area contributed by atoms with Crippen LogP contribution in [0.15, 0.2) is 30.3 Å². The average molecular weight is 462 g/mol. The molecule has 176 valence electrons. The summed E-state index contributed by atoms with van der Waals surface area (Å²) in [5.41, 5.74) is 3.64. The van der Waals surface area contributed by atoms with Crippen molar-refractivity contribution in [3.05, 3.63) is 52.8 Å². The van der Waals surface area contributed by atoms with Gasteiger partial charge in [0.25, 0.3) is 5.91 Å². The molecule has 3 aromatic rings. The van der Waals surface area contributed by atoms with Crippen LogP contribution in [0.1, 0.15) is 51.4 Å². The fourth-order valence-corrected chi connectivity index (χ4v) is 4.80. The quantitative estimate of drug-likeness (QED) is 0.584. The highest BCUT2D eigenvalue weighted by molar-refractivity contribution is 6.02. The number of nitrogens with zero attached hydrogens (tertiary/aromatic N) is 3. The average Bonchev–Trinajstić information content (AvgIpc) is 2.83. The summed E-state index contributed by atoms with van der Waals surface area (Å²) >= 11 is 0. The number of aromatic nitrogens is 2. The second-order valence-corrected chi connectivity index (χ2v) is 8.95. The monoisotopic (exact) mass is 461 g/mol. The van der Waals surface area contributed by atoms with Gasteiger partial charge < -0.3 is 19.1 Å². The van der Waals surface area contributed by atoms with Crippen molar-refractivity contribution in [2.75, 3.05) is 27.3 Å². The maximum Gasteiger partial charge on any atom is 0.253 e. The molecule has 0 radical (unpaired) electrons. The van der Waals surface area contributed by atoms with E-state index in [1.54, 1.807) is 31.4 Å². The number of piperidine rings is 1. The van der Waals surface area contributed by atoms with Crippen LogP contribution in [0.5, 0.6) is 17.2 Å². The maximum absolute atomic E-state index is 13.2. The normalized spacial score (nSPS) is 16.8. The number of carbonyl (C=O) groups is 2. The third kappa shape index (κ3) is 3.63. The lowest BCUT2D eigenvalue weighted by Crippen LogP contribution is -2.52. The van der Waals surface area contributed by atoms with Crippen molar-refractivity contribution in [1.82, 2.24) is 14.9 Å². The van der Waals surface area contributed by atoms with Crippen LogP contribution < -0.4 is 14.2 Å². The number of fused-ring (bicyclic) bond motifs is 2. The molecule has 1 amide bonds. The lowest BCUT2D eigenvalue weighted by Gasteiger charge is -2.44. The predicted molar refractivity (Wildman–Crippen MR) is 126 cm³/mol. The molecular weight excluding hydrogens is 434 g/mol. The molecule has 2 aliphatic rings. The van der Waals surface area contributed by atoms with Gasteiger partial charge in [-0.15, -0.1) is 0 Å². The molecular formula is C26H27N3O5. The third-order valence-electron chi connectivity index (χ3n) is 6.89. The Labute approximate surface area is 197 Å². The zero-order valence-electron chi connectivity index (χ0n) is 19.8. The number of Topliss-reactive ketones (excluding diaryl/α,β-unsaturated/α-hetero) is 1. The van der Waals surface area contributed by atoms with Crippen LogP contribution in [0, 0.1) is 13.8 Å². The largest absolute Gasteiger partial charge is 0.493 e. The number of benzene rings is 2. The van der Waals surface area contributed by atoms with Gasteiger partial charge in [-0.2, -0.15) is 0 Å². The summed E-state index contributed by atoms with van der Waals surface area (Å²) in [6, 6.07) is 8.88. The molecule has 1 aromatic heterocycles. The first-order valence-corrected chi connectivity index (χ1v) is 11.4. The van der Waals surface area contributed by atoms with E-state index in [1.807, 2.05) is 24.8 Å². The molecule has 1 spiro atoms. The van der Waals surface area contributed by atoms with E-state index < -0.39 is 5.60 Å². The summed E-state index contributed by atoms with van der Waals surface area (Å²) in [5.74, 6) is 1.33. The molecule has 8 nitrogen and oxygen atoms in total. The lowest BCUT2D eigenvalue weighted by atomic mass is 9.82. The van der Waals surface area contributed by atoms with Gasteiger partial charge >= 0.3 is 0 Å². The summed E-state index contributed by atoms with van der Waals surface area (Å²) in [6.07, 6.45) is 1.38.